The van der Waals surface area contributed by atoms with Gasteiger partial charge in [0, 0.05) is 24.9 Å². The maximum Gasteiger partial charge on any atom is 0.223 e. The number of unbranched alkanes of at least 4 members (excludes halogenated alkanes) is 4. The fraction of sp³-hybridized carbons (Fsp3) is 0.867. The highest BCUT2D eigenvalue weighted by Crippen LogP contribution is 2.29. The Morgan fingerprint density at radius 1 is 0.684 bits per heavy atom. The van der Waals surface area contributed by atoms with Crippen LogP contribution in [0.2, 0.25) is 0 Å². The zero-order valence-corrected chi connectivity index (χ0v) is 11.7. The average molecular weight is 266 g/mol. The van der Waals surface area contributed by atoms with E-state index < -0.39 is 0 Å². The van der Waals surface area contributed by atoms with Gasteiger partial charge in [0.1, 0.15) is 0 Å². The van der Waals surface area contributed by atoms with Crippen LogP contribution >= 0.6 is 0 Å². The number of carbonyl (C=O) groups is 2. The first-order valence-corrected chi connectivity index (χ1v) is 7.83. The second kappa shape index (κ2) is 7.51. The van der Waals surface area contributed by atoms with Crippen molar-refractivity contribution >= 4 is 11.8 Å². The summed E-state index contributed by atoms with van der Waals surface area (Å²) in [6.07, 6.45) is 10.0. The van der Waals surface area contributed by atoms with E-state index in [1.54, 1.807) is 0 Å². The van der Waals surface area contributed by atoms with Crippen molar-refractivity contribution in [3.8, 4) is 0 Å². The highest BCUT2D eigenvalue weighted by molar-refractivity contribution is 5.81. The van der Waals surface area contributed by atoms with Crippen LogP contribution in [-0.4, -0.2) is 24.9 Å². The minimum Gasteiger partial charge on any atom is -0.356 e. The molecule has 2 aliphatic carbocycles. The molecule has 19 heavy (non-hydrogen) atoms. The van der Waals surface area contributed by atoms with E-state index in [0.29, 0.717) is 11.8 Å². The van der Waals surface area contributed by atoms with Crippen LogP contribution in [0.3, 0.4) is 0 Å². The fourth-order valence-corrected chi connectivity index (χ4v) is 2.18. The lowest BCUT2D eigenvalue weighted by Gasteiger charge is -2.05. The van der Waals surface area contributed by atoms with Gasteiger partial charge in [0.05, 0.1) is 0 Å². The topological polar surface area (TPSA) is 58.2 Å². The van der Waals surface area contributed by atoms with Crippen LogP contribution in [0.1, 0.15) is 57.8 Å². The van der Waals surface area contributed by atoms with Crippen LogP contribution in [0, 0.1) is 11.8 Å². The second-order valence-electron chi connectivity index (χ2n) is 5.90. The van der Waals surface area contributed by atoms with Crippen molar-refractivity contribution in [1.29, 1.82) is 0 Å². The Kier molecular flexibility index (Phi) is 5.67. The smallest absolute Gasteiger partial charge is 0.223 e. The van der Waals surface area contributed by atoms with Gasteiger partial charge in [0.2, 0.25) is 11.8 Å². The molecule has 2 rings (SSSR count). The van der Waals surface area contributed by atoms with Crippen molar-refractivity contribution < 1.29 is 9.59 Å². The highest BCUT2D eigenvalue weighted by Gasteiger charge is 2.29. The molecular weight excluding hydrogens is 240 g/mol. The van der Waals surface area contributed by atoms with E-state index in [4.69, 9.17) is 0 Å². The lowest BCUT2D eigenvalue weighted by atomic mass is 10.1. The first-order valence-electron chi connectivity index (χ1n) is 7.83. The predicted molar refractivity (Wildman–Crippen MR) is 74.6 cm³/mol. The summed E-state index contributed by atoms with van der Waals surface area (Å²) in [5, 5.41) is 5.97. The van der Waals surface area contributed by atoms with Crippen molar-refractivity contribution in [2.45, 2.75) is 57.8 Å². The third kappa shape index (κ3) is 6.08. The summed E-state index contributed by atoms with van der Waals surface area (Å²) in [6, 6.07) is 0. The molecule has 0 aromatic rings. The number of hydrogen-bond acceptors (Lipinski definition) is 2. The van der Waals surface area contributed by atoms with Crippen LogP contribution in [0.4, 0.5) is 0 Å². The molecule has 0 saturated heterocycles. The van der Waals surface area contributed by atoms with Crippen LogP contribution < -0.4 is 10.6 Å². The maximum atomic E-state index is 11.4. The van der Waals surface area contributed by atoms with Crippen LogP contribution in [0.5, 0.6) is 0 Å². The molecule has 4 nitrogen and oxygen atoms in total. The Hall–Kier alpha value is -1.06. The quantitative estimate of drug-likeness (QED) is 0.594. The molecule has 0 spiro atoms. The summed E-state index contributed by atoms with van der Waals surface area (Å²) in [7, 11) is 0. The maximum absolute atomic E-state index is 11.4. The molecule has 0 heterocycles. The number of carbonyl (C=O) groups excluding carboxylic acids is 2. The first-order chi connectivity index (χ1) is 9.27. The van der Waals surface area contributed by atoms with E-state index in [1.807, 2.05) is 0 Å². The van der Waals surface area contributed by atoms with Crippen LogP contribution in [0.25, 0.3) is 0 Å². The van der Waals surface area contributed by atoms with E-state index in [9.17, 15) is 9.59 Å². The third-order valence-electron chi connectivity index (χ3n) is 3.85. The standard InChI is InChI=1S/C15H26N2O2/c18-14(12-6-7-12)16-10-4-2-1-3-5-11-17-15(19)13-8-9-13/h12-13H,1-11H2,(H,16,18)(H,17,19). The molecule has 0 atom stereocenters. The number of hydrogen-bond donors (Lipinski definition) is 2. The predicted octanol–water partition coefficient (Wildman–Crippen LogP) is 1.99. The molecule has 2 fully saturated rings. The number of amides is 2. The molecule has 4 heteroatoms. The summed E-state index contributed by atoms with van der Waals surface area (Å²) in [5.41, 5.74) is 0. The fourth-order valence-electron chi connectivity index (χ4n) is 2.18. The summed E-state index contributed by atoms with van der Waals surface area (Å²) in [6.45, 7) is 1.65. The Labute approximate surface area is 115 Å². The van der Waals surface area contributed by atoms with E-state index in [1.165, 1.54) is 19.3 Å². The number of nitrogens with one attached hydrogen (secondary N) is 2. The van der Waals surface area contributed by atoms with Gasteiger partial charge in [-0.25, -0.2) is 0 Å². The molecular formula is C15H26N2O2. The van der Waals surface area contributed by atoms with E-state index >= 15 is 0 Å². The highest BCUT2D eigenvalue weighted by atomic mass is 16.2. The SMILES string of the molecule is O=C(NCCCCCCCNC(=O)C1CC1)C1CC1. The Morgan fingerprint density at radius 2 is 1.05 bits per heavy atom. The minimum absolute atomic E-state index is 0.253. The van der Waals surface area contributed by atoms with Gasteiger partial charge in [0.25, 0.3) is 0 Å². The lowest BCUT2D eigenvalue weighted by Crippen LogP contribution is -2.26. The van der Waals surface area contributed by atoms with Gasteiger partial charge in [-0.15, -0.1) is 0 Å². The third-order valence-corrected chi connectivity index (χ3v) is 3.85. The monoisotopic (exact) mass is 266 g/mol. The summed E-state index contributed by atoms with van der Waals surface area (Å²) in [5.74, 6) is 1.16. The molecule has 0 aromatic carbocycles. The van der Waals surface area contributed by atoms with Gasteiger partial charge < -0.3 is 10.6 Å². The van der Waals surface area contributed by atoms with Gasteiger partial charge >= 0.3 is 0 Å². The molecule has 108 valence electrons. The molecule has 0 aromatic heterocycles. The van der Waals surface area contributed by atoms with Crippen molar-refractivity contribution in [2.75, 3.05) is 13.1 Å². The lowest BCUT2D eigenvalue weighted by molar-refractivity contribution is -0.123. The van der Waals surface area contributed by atoms with Crippen molar-refractivity contribution in [3.63, 3.8) is 0 Å². The Balaban J connectivity index is 1.30. The summed E-state index contributed by atoms with van der Waals surface area (Å²) >= 11 is 0. The van der Waals surface area contributed by atoms with Crippen molar-refractivity contribution in [3.05, 3.63) is 0 Å². The molecule has 2 aliphatic rings. The zero-order valence-electron chi connectivity index (χ0n) is 11.7. The number of rotatable bonds is 10. The first kappa shape index (κ1) is 14.4. The minimum atomic E-state index is 0.253. The van der Waals surface area contributed by atoms with E-state index in [-0.39, 0.29) is 11.8 Å². The average Bonchev–Trinajstić information content (AvgIpc) is 3.29. The molecule has 2 amide bonds. The van der Waals surface area contributed by atoms with Crippen LogP contribution in [0.15, 0.2) is 0 Å². The molecule has 0 aliphatic heterocycles. The second-order valence-corrected chi connectivity index (χ2v) is 5.90. The van der Waals surface area contributed by atoms with Crippen molar-refractivity contribution in [2.24, 2.45) is 11.8 Å². The van der Waals surface area contributed by atoms with Gasteiger partial charge in [-0.05, 0) is 38.5 Å². The van der Waals surface area contributed by atoms with Gasteiger partial charge in [-0.3, -0.25) is 9.59 Å². The molecule has 0 bridgehead atoms. The molecule has 2 N–H and O–H groups in total. The van der Waals surface area contributed by atoms with E-state index in [2.05, 4.69) is 10.6 Å². The summed E-state index contributed by atoms with van der Waals surface area (Å²) < 4.78 is 0. The Morgan fingerprint density at radius 3 is 1.42 bits per heavy atom. The van der Waals surface area contributed by atoms with Crippen molar-refractivity contribution in [1.82, 2.24) is 10.6 Å². The zero-order chi connectivity index (χ0) is 13.5. The normalized spacial score (nSPS) is 18.1. The van der Waals surface area contributed by atoms with Gasteiger partial charge in [-0.1, -0.05) is 19.3 Å². The largest absolute Gasteiger partial charge is 0.356 e. The molecule has 2 saturated carbocycles. The molecule has 0 radical (unpaired) electrons. The molecule has 0 unspecified atom stereocenters. The van der Waals surface area contributed by atoms with Gasteiger partial charge in [0.15, 0.2) is 0 Å². The van der Waals surface area contributed by atoms with E-state index in [0.717, 1.165) is 51.6 Å². The van der Waals surface area contributed by atoms with Crippen LogP contribution in [-0.2, 0) is 9.59 Å². The van der Waals surface area contributed by atoms with Gasteiger partial charge in [-0.2, -0.15) is 0 Å². The summed E-state index contributed by atoms with van der Waals surface area (Å²) in [4.78, 5) is 22.7. The Bertz CT molecular complexity index is 279.